The molecule has 3 rings (SSSR count). The molecule has 2 heterocycles. The van der Waals surface area contributed by atoms with Crippen LogP contribution in [0.3, 0.4) is 0 Å². The van der Waals surface area contributed by atoms with Crippen LogP contribution in [0.1, 0.15) is 23.5 Å². The quantitative estimate of drug-likeness (QED) is 0.355. The highest BCUT2D eigenvalue weighted by molar-refractivity contribution is 7.99. The number of aromatic nitrogens is 2. The molecule has 1 unspecified atom stereocenters. The molecule has 1 aromatic heterocycles. The number of amides is 1. The summed E-state index contributed by atoms with van der Waals surface area (Å²) >= 11 is 1.23. The van der Waals surface area contributed by atoms with Gasteiger partial charge in [0.1, 0.15) is 18.2 Å². The molecule has 1 amide bonds. The minimum absolute atomic E-state index is 0.142. The maximum atomic E-state index is 12.7. The zero-order valence-electron chi connectivity index (χ0n) is 14.0. The van der Waals surface area contributed by atoms with Crippen LogP contribution in [0.25, 0.3) is 0 Å². The van der Waals surface area contributed by atoms with Gasteiger partial charge in [0.15, 0.2) is 5.16 Å². The number of fused-ring (bicyclic) bond motifs is 1. The van der Waals surface area contributed by atoms with Gasteiger partial charge in [-0.1, -0.05) is 48.5 Å². The number of aromatic amines is 1. The largest absolute Gasteiger partial charge is 0.489 e. The molecule has 26 heavy (non-hydrogen) atoms. The third-order valence-electron chi connectivity index (χ3n) is 3.87. The van der Waals surface area contributed by atoms with E-state index in [2.05, 4.69) is 27.8 Å². The lowest BCUT2D eigenvalue weighted by molar-refractivity contribution is -0.116. The van der Waals surface area contributed by atoms with Gasteiger partial charge in [-0.2, -0.15) is 0 Å². The van der Waals surface area contributed by atoms with E-state index in [0.717, 1.165) is 5.56 Å². The topological polar surface area (TPSA) is 84.1 Å². The number of nitrogens with zero attached hydrogens (tertiary/aromatic N) is 1. The average molecular weight is 367 g/mol. The van der Waals surface area contributed by atoms with Gasteiger partial charge in [0, 0.05) is 17.9 Å². The number of hydrogen-bond donors (Lipinski definition) is 2. The van der Waals surface area contributed by atoms with E-state index < -0.39 is 5.92 Å². The van der Waals surface area contributed by atoms with E-state index in [1.165, 1.54) is 11.8 Å². The van der Waals surface area contributed by atoms with Gasteiger partial charge in [-0.05, 0) is 6.07 Å². The number of ether oxygens (including phenoxy) is 1. The third kappa shape index (κ3) is 3.65. The summed E-state index contributed by atoms with van der Waals surface area (Å²) in [4.78, 5) is 32.0. The molecule has 2 N–H and O–H groups in total. The first-order valence-corrected chi connectivity index (χ1v) is 8.95. The highest BCUT2D eigenvalue weighted by Crippen LogP contribution is 2.38. The minimum atomic E-state index is -0.442. The fourth-order valence-corrected chi connectivity index (χ4v) is 3.38. The van der Waals surface area contributed by atoms with Gasteiger partial charge in [0.05, 0.1) is 11.3 Å². The number of terminal acetylenes is 1. The summed E-state index contributed by atoms with van der Waals surface area (Å²) in [6.07, 6.45) is 7.03. The molecule has 0 fully saturated rings. The summed E-state index contributed by atoms with van der Waals surface area (Å²) in [7, 11) is 0. The van der Waals surface area contributed by atoms with E-state index in [0.29, 0.717) is 28.8 Å². The molecule has 1 aliphatic rings. The average Bonchev–Trinajstić information content (AvgIpc) is 2.64. The van der Waals surface area contributed by atoms with Crippen LogP contribution in [0.15, 0.2) is 46.9 Å². The molecule has 0 saturated heterocycles. The van der Waals surface area contributed by atoms with Crippen molar-refractivity contribution in [3.05, 3.63) is 58.4 Å². The van der Waals surface area contributed by atoms with Gasteiger partial charge in [0.25, 0.3) is 5.56 Å². The second-order valence-corrected chi connectivity index (χ2v) is 6.53. The second-order valence-electron chi connectivity index (χ2n) is 5.57. The number of nitrogens with one attached hydrogen (secondary N) is 2. The number of para-hydroxylation sites is 1. The van der Waals surface area contributed by atoms with E-state index in [-0.39, 0.29) is 23.7 Å². The van der Waals surface area contributed by atoms with E-state index in [1.807, 2.05) is 24.3 Å². The molecule has 1 aromatic carbocycles. The summed E-state index contributed by atoms with van der Waals surface area (Å²) in [6.45, 7) is 3.98. The molecule has 132 valence electrons. The Hall–Kier alpha value is -2.98. The first kappa shape index (κ1) is 17.8. The third-order valence-corrected chi connectivity index (χ3v) is 4.65. The Morgan fingerprint density at radius 3 is 3.00 bits per heavy atom. The summed E-state index contributed by atoms with van der Waals surface area (Å²) in [5.41, 5.74) is 0.893. The molecule has 0 radical (unpaired) electrons. The first-order chi connectivity index (χ1) is 12.6. The highest BCUT2D eigenvalue weighted by Gasteiger charge is 2.32. The molecule has 6 nitrogen and oxygen atoms in total. The van der Waals surface area contributed by atoms with Crippen molar-refractivity contribution >= 4 is 23.5 Å². The Balaban J connectivity index is 2.07. The molecule has 1 atom stereocenters. The van der Waals surface area contributed by atoms with Gasteiger partial charge in [0.2, 0.25) is 5.91 Å². The molecule has 0 aliphatic carbocycles. The fraction of sp³-hybridized carbons (Fsp3) is 0.211. The zero-order valence-corrected chi connectivity index (χ0v) is 14.8. The van der Waals surface area contributed by atoms with Crippen LogP contribution in [0.4, 0.5) is 5.82 Å². The van der Waals surface area contributed by atoms with Crippen molar-refractivity contribution in [2.75, 3.05) is 17.7 Å². The maximum absolute atomic E-state index is 12.7. The van der Waals surface area contributed by atoms with Crippen LogP contribution >= 0.6 is 11.8 Å². The highest BCUT2D eigenvalue weighted by atomic mass is 32.2. The molecular formula is C19H17N3O3S. The van der Waals surface area contributed by atoms with E-state index in [9.17, 15) is 9.59 Å². The predicted molar refractivity (Wildman–Crippen MR) is 102 cm³/mol. The Morgan fingerprint density at radius 2 is 2.23 bits per heavy atom. The van der Waals surface area contributed by atoms with Crippen LogP contribution in [-0.4, -0.2) is 28.2 Å². The summed E-state index contributed by atoms with van der Waals surface area (Å²) in [6, 6.07) is 7.35. The van der Waals surface area contributed by atoms with Crippen molar-refractivity contribution in [3.63, 3.8) is 0 Å². The molecule has 7 heteroatoms. The van der Waals surface area contributed by atoms with Crippen molar-refractivity contribution in [3.8, 4) is 18.1 Å². The van der Waals surface area contributed by atoms with Crippen LogP contribution in [0, 0.1) is 12.3 Å². The van der Waals surface area contributed by atoms with Crippen LogP contribution in [0.2, 0.25) is 0 Å². The van der Waals surface area contributed by atoms with Crippen LogP contribution in [0.5, 0.6) is 5.75 Å². The number of thioether (sulfide) groups is 1. The zero-order chi connectivity index (χ0) is 18.5. The van der Waals surface area contributed by atoms with E-state index in [1.54, 1.807) is 6.08 Å². The molecule has 0 bridgehead atoms. The van der Waals surface area contributed by atoms with Crippen molar-refractivity contribution in [1.29, 1.82) is 0 Å². The maximum Gasteiger partial charge on any atom is 0.257 e. The molecule has 0 spiro atoms. The summed E-state index contributed by atoms with van der Waals surface area (Å²) < 4.78 is 5.70. The van der Waals surface area contributed by atoms with E-state index >= 15 is 0 Å². The Morgan fingerprint density at radius 1 is 1.42 bits per heavy atom. The Bertz CT molecular complexity index is 946. The molecular weight excluding hydrogens is 350 g/mol. The summed E-state index contributed by atoms with van der Waals surface area (Å²) in [5.74, 6) is 3.09. The van der Waals surface area contributed by atoms with Crippen molar-refractivity contribution in [2.24, 2.45) is 0 Å². The standard InChI is InChI=1S/C19H17N3O3S/c1-3-9-25-14-8-6-5-7-12(14)13-11-15(23)20-17-16(13)18(24)22-19(21-17)26-10-4-2/h2-3,5-8,13H,1,9-11H2,(H2,20,21,22,23,24). The second kappa shape index (κ2) is 7.93. The molecule has 0 saturated carbocycles. The van der Waals surface area contributed by atoms with Crippen LogP contribution in [-0.2, 0) is 4.79 Å². The van der Waals surface area contributed by atoms with E-state index in [4.69, 9.17) is 11.2 Å². The van der Waals surface area contributed by atoms with Gasteiger partial charge in [-0.15, -0.1) is 6.42 Å². The van der Waals surface area contributed by atoms with Crippen molar-refractivity contribution < 1.29 is 9.53 Å². The number of benzene rings is 1. The number of rotatable bonds is 6. The molecule has 2 aromatic rings. The number of hydrogen-bond acceptors (Lipinski definition) is 5. The monoisotopic (exact) mass is 367 g/mol. The lowest BCUT2D eigenvalue weighted by atomic mass is 9.86. The van der Waals surface area contributed by atoms with Gasteiger partial charge in [-0.25, -0.2) is 4.98 Å². The Labute approximate surface area is 155 Å². The normalized spacial score (nSPS) is 15.5. The lowest BCUT2D eigenvalue weighted by Gasteiger charge is -2.25. The predicted octanol–water partition coefficient (Wildman–Crippen LogP) is 2.53. The van der Waals surface area contributed by atoms with Gasteiger partial charge in [-0.3, -0.25) is 9.59 Å². The SMILES string of the molecule is C#CCSc1nc2c(c(=O)[nH]1)C(c1ccccc1OCC=C)CC(=O)N2. The lowest BCUT2D eigenvalue weighted by Crippen LogP contribution is -2.31. The number of anilines is 1. The smallest absolute Gasteiger partial charge is 0.257 e. The van der Waals surface area contributed by atoms with Gasteiger partial charge < -0.3 is 15.0 Å². The number of carbonyl (C=O) groups is 1. The Kier molecular flexibility index (Phi) is 5.44. The summed E-state index contributed by atoms with van der Waals surface area (Å²) in [5, 5.41) is 3.07. The van der Waals surface area contributed by atoms with Crippen LogP contribution < -0.4 is 15.6 Å². The van der Waals surface area contributed by atoms with Crippen molar-refractivity contribution in [2.45, 2.75) is 17.5 Å². The number of carbonyl (C=O) groups excluding carboxylic acids is 1. The minimum Gasteiger partial charge on any atom is -0.489 e. The number of H-pyrrole nitrogens is 1. The van der Waals surface area contributed by atoms with Crippen molar-refractivity contribution in [1.82, 2.24) is 9.97 Å². The first-order valence-electron chi connectivity index (χ1n) is 7.97. The van der Waals surface area contributed by atoms with Gasteiger partial charge >= 0.3 is 0 Å². The fourth-order valence-electron chi connectivity index (χ4n) is 2.84. The molecule has 1 aliphatic heterocycles.